The average Bonchev–Trinajstić information content (AvgIpc) is 3.41. The zero-order valence-electron chi connectivity index (χ0n) is 49.2. The minimum absolute atomic E-state index is 0.0503. The van der Waals surface area contributed by atoms with Crippen molar-refractivity contribution in [3.8, 4) is 0 Å². The first kappa shape index (κ1) is 73.2. The predicted molar refractivity (Wildman–Crippen MR) is 325 cm³/mol. The lowest BCUT2D eigenvalue weighted by Crippen LogP contribution is -2.29. The molecule has 9 nitrogen and oxygen atoms in total. The molecule has 0 aliphatic rings. The summed E-state index contributed by atoms with van der Waals surface area (Å²) in [5, 5.41) is 0. The van der Waals surface area contributed by atoms with E-state index in [1.807, 2.05) is 0 Å². The Morgan fingerprint density at radius 1 is 0.408 bits per heavy atom. The summed E-state index contributed by atoms with van der Waals surface area (Å²) in [6.07, 6.45) is 80.8. The number of hydrogen-bond acceptors (Lipinski definition) is 8. The molecular formula is C66H118NO8P. The van der Waals surface area contributed by atoms with Gasteiger partial charge in [-0.1, -0.05) is 292 Å². The smallest absolute Gasteiger partial charge is 0.462 e. The molecule has 0 aromatic carbocycles. The molecule has 10 heteroatoms. The van der Waals surface area contributed by atoms with Crippen LogP contribution in [0.4, 0.5) is 0 Å². The van der Waals surface area contributed by atoms with Crippen molar-refractivity contribution in [2.24, 2.45) is 5.73 Å². The zero-order valence-corrected chi connectivity index (χ0v) is 50.1. The molecule has 0 aliphatic carbocycles. The SMILES string of the molecule is CC/C=C\C/C=C\C/C=C\C/C=C\C/C=C\C/C=C\C/C=C\CCCCCCCCCCCC(=O)OC(COC(=O)CCCCCCCCCCCCCCCCCCCCCCCCCC)COP(=O)(O)OCCN. The van der Waals surface area contributed by atoms with E-state index < -0.39 is 26.5 Å². The fourth-order valence-electron chi connectivity index (χ4n) is 8.91. The highest BCUT2D eigenvalue weighted by molar-refractivity contribution is 7.47. The summed E-state index contributed by atoms with van der Waals surface area (Å²) in [5.74, 6) is -0.826. The summed E-state index contributed by atoms with van der Waals surface area (Å²) >= 11 is 0. The van der Waals surface area contributed by atoms with Gasteiger partial charge >= 0.3 is 19.8 Å². The number of carbonyl (C=O) groups excluding carboxylic acids is 2. The number of allylic oxidation sites excluding steroid dienone is 14. The highest BCUT2D eigenvalue weighted by atomic mass is 31.2. The quantitative estimate of drug-likeness (QED) is 0.0264. The van der Waals surface area contributed by atoms with Gasteiger partial charge < -0.3 is 20.1 Å². The van der Waals surface area contributed by atoms with Gasteiger partial charge in [0.25, 0.3) is 0 Å². The summed E-state index contributed by atoms with van der Waals surface area (Å²) in [5.41, 5.74) is 5.39. The van der Waals surface area contributed by atoms with Crippen LogP contribution in [0.2, 0.25) is 0 Å². The van der Waals surface area contributed by atoms with Crippen molar-refractivity contribution in [2.45, 2.75) is 296 Å². The van der Waals surface area contributed by atoms with E-state index in [0.717, 1.165) is 89.9 Å². The standard InChI is InChI=1S/C66H118NO8P/c1-3-5-7-9-11-13-15-17-19-21-23-25-27-29-30-31-32-33-34-35-37-39-41-43-45-47-49-51-53-55-57-59-66(69)75-64(63-74-76(70,71)73-61-60-67)62-72-65(68)58-56-54-52-50-48-46-44-42-40-38-36-28-26-24-22-20-18-16-14-12-10-8-6-4-2/h5,7,11,13,17,19,23,25,29-30,32-33,35,37,64H,3-4,6,8-10,12,14-16,18,20-22,24,26-28,31,34,36,38-63,67H2,1-2H3,(H,70,71)/b7-5-,13-11-,19-17-,25-23-,30-29-,33-32-,37-35-. The number of carbonyl (C=O) groups is 2. The van der Waals surface area contributed by atoms with Crippen LogP contribution in [-0.2, 0) is 32.7 Å². The molecule has 0 saturated heterocycles. The minimum atomic E-state index is -4.39. The van der Waals surface area contributed by atoms with Gasteiger partial charge in [0.15, 0.2) is 6.10 Å². The van der Waals surface area contributed by atoms with Gasteiger partial charge in [0.1, 0.15) is 6.61 Å². The Morgan fingerprint density at radius 2 is 0.724 bits per heavy atom. The van der Waals surface area contributed by atoms with Crippen molar-refractivity contribution >= 4 is 19.8 Å². The number of nitrogens with two attached hydrogens (primary N) is 1. The number of phosphoric ester groups is 1. The molecular weight excluding hydrogens is 966 g/mol. The molecule has 0 aromatic rings. The second-order valence-electron chi connectivity index (χ2n) is 20.9. The number of unbranched alkanes of at least 4 members (excludes halogenated alkanes) is 32. The van der Waals surface area contributed by atoms with Crippen LogP contribution in [0.1, 0.15) is 290 Å². The van der Waals surface area contributed by atoms with Crippen molar-refractivity contribution in [1.82, 2.24) is 0 Å². The minimum Gasteiger partial charge on any atom is -0.462 e. The largest absolute Gasteiger partial charge is 0.472 e. The maximum absolute atomic E-state index is 12.7. The molecule has 0 aromatic heterocycles. The van der Waals surface area contributed by atoms with Gasteiger partial charge in [-0.25, -0.2) is 4.57 Å². The summed E-state index contributed by atoms with van der Waals surface area (Å²) in [6.45, 7) is 3.66. The molecule has 440 valence electrons. The van der Waals surface area contributed by atoms with Crippen molar-refractivity contribution in [1.29, 1.82) is 0 Å². The van der Waals surface area contributed by atoms with Crippen molar-refractivity contribution in [3.05, 3.63) is 85.1 Å². The Bertz CT molecular complexity index is 1520. The number of hydrogen-bond donors (Lipinski definition) is 2. The number of ether oxygens (including phenoxy) is 2. The normalized spacial score (nSPS) is 13.6. The van der Waals surface area contributed by atoms with Crippen LogP contribution in [0.3, 0.4) is 0 Å². The van der Waals surface area contributed by atoms with Gasteiger partial charge in [-0.3, -0.25) is 18.6 Å². The van der Waals surface area contributed by atoms with Crippen LogP contribution in [-0.4, -0.2) is 49.3 Å². The van der Waals surface area contributed by atoms with E-state index in [1.54, 1.807) is 0 Å². The maximum atomic E-state index is 12.7. The third-order valence-corrected chi connectivity index (χ3v) is 14.5. The lowest BCUT2D eigenvalue weighted by atomic mass is 10.0. The van der Waals surface area contributed by atoms with Gasteiger partial charge in [0.2, 0.25) is 0 Å². The molecule has 0 spiro atoms. The Hall–Kier alpha value is -2.81. The molecule has 76 heavy (non-hydrogen) atoms. The van der Waals surface area contributed by atoms with Gasteiger partial charge in [-0.2, -0.15) is 0 Å². The highest BCUT2D eigenvalue weighted by Crippen LogP contribution is 2.43. The van der Waals surface area contributed by atoms with E-state index in [2.05, 4.69) is 98.9 Å². The molecule has 0 amide bonds. The van der Waals surface area contributed by atoms with Crippen molar-refractivity contribution < 1.29 is 37.6 Å². The Balaban J connectivity index is 3.96. The maximum Gasteiger partial charge on any atom is 0.472 e. The molecule has 0 radical (unpaired) electrons. The first-order chi connectivity index (χ1) is 37.3. The van der Waals surface area contributed by atoms with E-state index in [-0.39, 0.29) is 38.6 Å². The first-order valence-corrected chi connectivity index (χ1v) is 33.1. The molecule has 3 N–H and O–H groups in total. The topological polar surface area (TPSA) is 134 Å². The summed E-state index contributed by atoms with van der Waals surface area (Å²) in [7, 11) is -4.39. The third kappa shape index (κ3) is 60.4. The van der Waals surface area contributed by atoms with Crippen LogP contribution < -0.4 is 5.73 Å². The summed E-state index contributed by atoms with van der Waals surface area (Å²) < 4.78 is 33.1. The predicted octanol–water partition coefficient (Wildman–Crippen LogP) is 20.2. The average molecular weight is 1080 g/mol. The second-order valence-corrected chi connectivity index (χ2v) is 22.4. The summed E-state index contributed by atoms with van der Waals surface area (Å²) in [6, 6.07) is 0. The van der Waals surface area contributed by atoms with Crippen LogP contribution >= 0.6 is 7.82 Å². The Kier molecular flexibility index (Phi) is 59.1. The van der Waals surface area contributed by atoms with Crippen LogP contribution in [0.5, 0.6) is 0 Å². The van der Waals surface area contributed by atoms with Crippen LogP contribution in [0, 0.1) is 0 Å². The first-order valence-electron chi connectivity index (χ1n) is 31.6. The lowest BCUT2D eigenvalue weighted by molar-refractivity contribution is -0.161. The molecule has 2 unspecified atom stereocenters. The van der Waals surface area contributed by atoms with Gasteiger partial charge in [0.05, 0.1) is 13.2 Å². The fraction of sp³-hybridized carbons (Fsp3) is 0.758. The Morgan fingerprint density at radius 3 is 1.08 bits per heavy atom. The van der Waals surface area contributed by atoms with E-state index in [1.165, 1.54) is 167 Å². The van der Waals surface area contributed by atoms with E-state index in [9.17, 15) is 19.0 Å². The number of esters is 2. The lowest BCUT2D eigenvalue weighted by Gasteiger charge is -2.19. The summed E-state index contributed by atoms with van der Waals surface area (Å²) in [4.78, 5) is 35.3. The second kappa shape index (κ2) is 61.4. The van der Waals surface area contributed by atoms with Crippen LogP contribution in [0.25, 0.3) is 0 Å². The van der Waals surface area contributed by atoms with Gasteiger partial charge in [0, 0.05) is 19.4 Å². The van der Waals surface area contributed by atoms with E-state index in [0.29, 0.717) is 6.42 Å². The molecule has 2 atom stereocenters. The number of rotatable bonds is 59. The highest BCUT2D eigenvalue weighted by Gasteiger charge is 2.26. The molecule has 0 heterocycles. The molecule has 0 rings (SSSR count). The molecule has 0 aliphatic heterocycles. The Labute approximate surface area is 468 Å². The van der Waals surface area contributed by atoms with Gasteiger partial charge in [-0.15, -0.1) is 0 Å². The van der Waals surface area contributed by atoms with E-state index >= 15 is 0 Å². The molecule has 0 saturated carbocycles. The van der Waals surface area contributed by atoms with Gasteiger partial charge in [-0.05, 0) is 70.6 Å². The van der Waals surface area contributed by atoms with Crippen molar-refractivity contribution in [2.75, 3.05) is 26.4 Å². The van der Waals surface area contributed by atoms with Crippen molar-refractivity contribution in [3.63, 3.8) is 0 Å². The molecule has 0 fully saturated rings. The number of phosphoric acid groups is 1. The fourth-order valence-corrected chi connectivity index (χ4v) is 9.68. The monoisotopic (exact) mass is 1080 g/mol. The van der Waals surface area contributed by atoms with E-state index in [4.69, 9.17) is 24.3 Å². The molecule has 0 bridgehead atoms. The third-order valence-electron chi connectivity index (χ3n) is 13.5. The zero-order chi connectivity index (χ0) is 55.2. The van der Waals surface area contributed by atoms with Crippen LogP contribution in [0.15, 0.2) is 85.1 Å².